The van der Waals surface area contributed by atoms with E-state index in [2.05, 4.69) is 27.7 Å². The first-order valence-electron chi connectivity index (χ1n) is 13.6. The van der Waals surface area contributed by atoms with E-state index in [1.807, 2.05) is 20.8 Å². The van der Waals surface area contributed by atoms with Crippen LogP contribution in [0.4, 0.5) is 10.6 Å². The number of carbonyl (C=O) groups excluding carboxylic acids is 1. The molecule has 0 bridgehead atoms. The lowest BCUT2D eigenvalue weighted by atomic mass is 10.0. The summed E-state index contributed by atoms with van der Waals surface area (Å²) < 4.78 is 5.55. The van der Waals surface area contributed by atoms with E-state index in [9.17, 15) is 14.7 Å². The fraction of sp³-hybridized carbons (Fsp3) is 0.741. The fourth-order valence-electron chi connectivity index (χ4n) is 5.10. The van der Waals surface area contributed by atoms with Gasteiger partial charge in [0, 0.05) is 44.0 Å². The highest BCUT2D eigenvalue weighted by atomic mass is 16.5. The van der Waals surface area contributed by atoms with Crippen LogP contribution in [0.2, 0.25) is 0 Å². The van der Waals surface area contributed by atoms with Gasteiger partial charge < -0.3 is 30.3 Å². The lowest BCUT2D eigenvalue weighted by Gasteiger charge is -2.33. The number of ether oxygens (including phenoxy) is 1. The number of unbranched alkanes of at least 4 members (excludes halogenated alkanes) is 1. The summed E-state index contributed by atoms with van der Waals surface area (Å²) in [6, 6.07) is 3.15. The number of carboxylic acids is 1. The first kappa shape index (κ1) is 28.2. The molecule has 0 aromatic carbocycles. The maximum atomic E-state index is 12.8. The minimum atomic E-state index is -0.989. The molecular formula is C27H45N5O4. The van der Waals surface area contributed by atoms with Gasteiger partial charge in [-0.2, -0.15) is 0 Å². The number of urea groups is 1. The first-order chi connectivity index (χ1) is 17.3. The predicted molar refractivity (Wildman–Crippen MR) is 142 cm³/mol. The minimum Gasteiger partial charge on any atom is -0.480 e. The molecule has 1 aromatic rings. The van der Waals surface area contributed by atoms with Gasteiger partial charge in [0.05, 0.1) is 6.61 Å². The number of carboxylic acid groups (broad SMARTS) is 1. The lowest BCUT2D eigenvalue weighted by Crippen LogP contribution is -2.53. The number of hydrogen-bond donors (Lipinski definition) is 3. The first-order valence-corrected chi connectivity index (χ1v) is 13.6. The summed E-state index contributed by atoms with van der Waals surface area (Å²) in [5, 5.41) is 15.9. The van der Waals surface area contributed by atoms with E-state index in [-0.39, 0.29) is 11.6 Å². The summed E-state index contributed by atoms with van der Waals surface area (Å²) in [4.78, 5) is 33.5. The van der Waals surface area contributed by atoms with Crippen molar-refractivity contribution in [1.29, 1.82) is 0 Å². The average molecular weight is 504 g/mol. The molecule has 0 aliphatic carbocycles. The second-order valence-electron chi connectivity index (χ2n) is 10.5. The van der Waals surface area contributed by atoms with E-state index in [1.165, 1.54) is 5.56 Å². The van der Waals surface area contributed by atoms with E-state index < -0.39 is 12.0 Å². The largest absolute Gasteiger partial charge is 0.480 e. The summed E-state index contributed by atoms with van der Waals surface area (Å²) in [6.45, 7) is 11.2. The van der Waals surface area contributed by atoms with Crippen molar-refractivity contribution in [3.63, 3.8) is 0 Å². The van der Waals surface area contributed by atoms with Gasteiger partial charge in [-0.1, -0.05) is 6.07 Å². The van der Waals surface area contributed by atoms with Crippen LogP contribution >= 0.6 is 0 Å². The van der Waals surface area contributed by atoms with Gasteiger partial charge >= 0.3 is 12.0 Å². The highest BCUT2D eigenvalue weighted by molar-refractivity contribution is 5.83. The number of fused-ring (bicyclic) bond motifs is 1. The molecule has 1 aromatic heterocycles. The zero-order valence-corrected chi connectivity index (χ0v) is 22.4. The fourth-order valence-corrected chi connectivity index (χ4v) is 5.10. The molecule has 3 rings (SSSR count). The SMILES string of the molecule is CCOCCN(CCCCc1ccc2c(n1)NCCC2)CCC(NC(=O)N1CCCC1(C)C)C(=O)O. The molecule has 3 N–H and O–H groups in total. The van der Waals surface area contributed by atoms with Crippen molar-refractivity contribution < 1.29 is 19.4 Å². The summed E-state index contributed by atoms with van der Waals surface area (Å²) in [5.41, 5.74) is 2.18. The Bertz CT molecular complexity index is 863. The summed E-state index contributed by atoms with van der Waals surface area (Å²) in [7, 11) is 0. The lowest BCUT2D eigenvalue weighted by molar-refractivity contribution is -0.139. The molecule has 36 heavy (non-hydrogen) atoms. The van der Waals surface area contributed by atoms with Crippen molar-refractivity contribution in [1.82, 2.24) is 20.1 Å². The van der Waals surface area contributed by atoms with Gasteiger partial charge in [-0.15, -0.1) is 0 Å². The van der Waals surface area contributed by atoms with Crippen LogP contribution in [-0.2, 0) is 22.4 Å². The smallest absolute Gasteiger partial charge is 0.326 e. The Labute approximate surface area is 216 Å². The Morgan fingerprint density at radius 1 is 1.25 bits per heavy atom. The van der Waals surface area contributed by atoms with E-state index in [1.54, 1.807) is 4.90 Å². The Hall–Kier alpha value is -2.39. The van der Waals surface area contributed by atoms with Gasteiger partial charge in [0.1, 0.15) is 11.9 Å². The van der Waals surface area contributed by atoms with Crippen LogP contribution in [0, 0.1) is 0 Å². The van der Waals surface area contributed by atoms with Crippen LogP contribution in [-0.4, -0.2) is 89.4 Å². The number of pyridine rings is 1. The number of carbonyl (C=O) groups is 2. The number of nitrogens with zero attached hydrogens (tertiary/aromatic N) is 3. The molecule has 1 fully saturated rings. The highest BCUT2D eigenvalue weighted by Crippen LogP contribution is 2.28. The van der Waals surface area contributed by atoms with Crippen molar-refractivity contribution in [2.24, 2.45) is 0 Å². The molecule has 0 spiro atoms. The second-order valence-corrected chi connectivity index (χ2v) is 10.5. The zero-order valence-electron chi connectivity index (χ0n) is 22.4. The molecule has 3 heterocycles. The number of nitrogens with one attached hydrogen (secondary N) is 2. The molecule has 9 nitrogen and oxygen atoms in total. The number of amides is 2. The van der Waals surface area contributed by atoms with E-state index in [0.29, 0.717) is 32.7 Å². The summed E-state index contributed by atoms with van der Waals surface area (Å²) in [6.07, 6.45) is 7.42. The third-order valence-corrected chi connectivity index (χ3v) is 7.34. The Kier molecular flexibility index (Phi) is 10.8. The molecule has 0 saturated carbocycles. The van der Waals surface area contributed by atoms with Gasteiger partial charge in [0.25, 0.3) is 0 Å². The quantitative estimate of drug-likeness (QED) is 0.334. The minimum absolute atomic E-state index is 0.236. The zero-order chi connectivity index (χ0) is 26.0. The van der Waals surface area contributed by atoms with Crippen LogP contribution in [0.1, 0.15) is 70.6 Å². The average Bonchev–Trinajstić information content (AvgIpc) is 3.22. The molecule has 1 atom stereocenters. The predicted octanol–water partition coefficient (Wildman–Crippen LogP) is 3.53. The van der Waals surface area contributed by atoms with Crippen molar-refractivity contribution in [2.45, 2.75) is 83.7 Å². The number of aliphatic carboxylic acids is 1. The standard InChI is InChI=1S/C27H45N5O4/c1-4-36-20-19-31(16-6-5-10-22-12-11-21-9-7-15-28-24(21)29-22)18-13-23(25(33)34)30-26(35)32-17-8-14-27(32,2)3/h11-12,23H,4-10,13-20H2,1-3H3,(H,28,29)(H,30,35)(H,33,34). The monoisotopic (exact) mass is 503 g/mol. The van der Waals surface area contributed by atoms with Gasteiger partial charge in [-0.05, 0) is 90.3 Å². The highest BCUT2D eigenvalue weighted by Gasteiger charge is 2.36. The Morgan fingerprint density at radius 2 is 2.08 bits per heavy atom. The number of anilines is 1. The number of aromatic nitrogens is 1. The maximum absolute atomic E-state index is 12.8. The van der Waals surface area contributed by atoms with Crippen molar-refractivity contribution in [3.8, 4) is 0 Å². The maximum Gasteiger partial charge on any atom is 0.326 e. The third-order valence-electron chi connectivity index (χ3n) is 7.34. The van der Waals surface area contributed by atoms with Crippen molar-refractivity contribution >= 4 is 17.8 Å². The van der Waals surface area contributed by atoms with Crippen LogP contribution in [0.25, 0.3) is 0 Å². The molecule has 2 aliphatic heterocycles. The van der Waals surface area contributed by atoms with Gasteiger partial charge in [0.15, 0.2) is 0 Å². The summed E-state index contributed by atoms with van der Waals surface area (Å²) >= 11 is 0. The van der Waals surface area contributed by atoms with Gasteiger partial charge in [0.2, 0.25) is 0 Å². The Balaban J connectivity index is 1.47. The van der Waals surface area contributed by atoms with Gasteiger partial charge in [-0.3, -0.25) is 0 Å². The molecule has 2 aliphatic rings. The normalized spacial score (nSPS) is 17.5. The van der Waals surface area contributed by atoms with Crippen LogP contribution in [0.15, 0.2) is 12.1 Å². The van der Waals surface area contributed by atoms with E-state index in [0.717, 1.165) is 76.1 Å². The van der Waals surface area contributed by atoms with Crippen LogP contribution in [0.3, 0.4) is 0 Å². The summed E-state index contributed by atoms with van der Waals surface area (Å²) in [5.74, 6) is 0.0494. The van der Waals surface area contributed by atoms with E-state index in [4.69, 9.17) is 9.72 Å². The van der Waals surface area contributed by atoms with Crippen LogP contribution in [0.5, 0.6) is 0 Å². The van der Waals surface area contributed by atoms with Gasteiger partial charge in [-0.25, -0.2) is 14.6 Å². The molecule has 2 amide bonds. The van der Waals surface area contributed by atoms with E-state index >= 15 is 0 Å². The number of hydrogen-bond acceptors (Lipinski definition) is 6. The third kappa shape index (κ3) is 8.34. The Morgan fingerprint density at radius 3 is 2.81 bits per heavy atom. The molecule has 1 unspecified atom stereocenters. The van der Waals surface area contributed by atoms with Crippen molar-refractivity contribution in [3.05, 3.63) is 23.4 Å². The molecule has 202 valence electrons. The molecular weight excluding hydrogens is 458 g/mol. The number of aryl methyl sites for hydroxylation is 2. The second kappa shape index (κ2) is 13.8. The van der Waals surface area contributed by atoms with Crippen LogP contribution < -0.4 is 10.6 Å². The topological polar surface area (TPSA) is 107 Å². The number of likely N-dealkylation sites (tertiary alicyclic amines) is 1. The molecule has 1 saturated heterocycles. The molecule has 0 radical (unpaired) electrons. The molecule has 9 heteroatoms. The van der Waals surface area contributed by atoms with Crippen molar-refractivity contribution in [2.75, 3.05) is 51.3 Å². The number of rotatable bonds is 14.